The minimum atomic E-state index is 0.317. The van der Waals surface area contributed by atoms with Crippen molar-refractivity contribution in [1.29, 1.82) is 0 Å². The number of anilines is 1. The third kappa shape index (κ3) is 3.46. The predicted octanol–water partition coefficient (Wildman–Crippen LogP) is 2.24. The van der Waals surface area contributed by atoms with Gasteiger partial charge in [0, 0.05) is 44.2 Å². The van der Waals surface area contributed by atoms with Crippen molar-refractivity contribution in [3.63, 3.8) is 0 Å². The molecule has 7 heteroatoms. The van der Waals surface area contributed by atoms with Crippen LogP contribution in [0.1, 0.15) is 19.3 Å². The van der Waals surface area contributed by atoms with Gasteiger partial charge in [0.1, 0.15) is 5.01 Å². The van der Waals surface area contributed by atoms with Gasteiger partial charge in [-0.3, -0.25) is 4.79 Å². The van der Waals surface area contributed by atoms with Gasteiger partial charge in [-0.1, -0.05) is 41.7 Å². The topological polar surface area (TPSA) is 61.4 Å². The zero-order valence-electron chi connectivity index (χ0n) is 15.1. The molecule has 0 spiro atoms. The smallest absolute Gasteiger partial charge is 0.222 e. The SMILES string of the molecule is CNCCN1C(=O)CCC2CN(c3nnc(-c4ccccc4)s3)CCC21. The van der Waals surface area contributed by atoms with Gasteiger partial charge >= 0.3 is 0 Å². The highest BCUT2D eigenvalue weighted by Gasteiger charge is 2.39. The molecule has 3 heterocycles. The second-order valence-electron chi connectivity index (χ2n) is 7.05. The minimum absolute atomic E-state index is 0.317. The quantitative estimate of drug-likeness (QED) is 0.873. The van der Waals surface area contributed by atoms with Crippen LogP contribution in [0.25, 0.3) is 10.6 Å². The second-order valence-corrected chi connectivity index (χ2v) is 8.00. The zero-order chi connectivity index (χ0) is 17.9. The lowest BCUT2D eigenvalue weighted by Crippen LogP contribution is -2.57. The first-order chi connectivity index (χ1) is 12.8. The number of fused-ring (bicyclic) bond motifs is 1. The van der Waals surface area contributed by atoms with Gasteiger partial charge in [0.25, 0.3) is 0 Å². The maximum absolute atomic E-state index is 12.3. The summed E-state index contributed by atoms with van der Waals surface area (Å²) in [5, 5.41) is 14.0. The first kappa shape index (κ1) is 17.4. The van der Waals surface area contributed by atoms with Crippen LogP contribution < -0.4 is 10.2 Å². The third-order valence-electron chi connectivity index (χ3n) is 5.45. The van der Waals surface area contributed by atoms with E-state index in [0.717, 1.165) is 54.7 Å². The van der Waals surface area contributed by atoms with Crippen molar-refractivity contribution < 1.29 is 4.79 Å². The molecule has 1 aromatic carbocycles. The van der Waals surface area contributed by atoms with Crippen molar-refractivity contribution in [2.24, 2.45) is 5.92 Å². The van der Waals surface area contributed by atoms with Crippen LogP contribution in [0.5, 0.6) is 0 Å². The van der Waals surface area contributed by atoms with Gasteiger partial charge in [-0.15, -0.1) is 10.2 Å². The summed E-state index contributed by atoms with van der Waals surface area (Å²) in [7, 11) is 1.94. The number of piperidine rings is 2. The minimum Gasteiger partial charge on any atom is -0.346 e. The van der Waals surface area contributed by atoms with Crippen molar-refractivity contribution >= 4 is 22.4 Å². The van der Waals surface area contributed by atoms with Crippen molar-refractivity contribution in [2.75, 3.05) is 38.1 Å². The number of likely N-dealkylation sites (tertiary alicyclic amines) is 1. The number of likely N-dealkylation sites (N-methyl/N-ethyl adjacent to an activating group) is 1. The molecule has 2 aromatic rings. The molecular formula is C19H25N5OS. The molecule has 0 saturated carbocycles. The number of aromatic nitrogens is 2. The van der Waals surface area contributed by atoms with Crippen LogP contribution in [0, 0.1) is 5.92 Å². The summed E-state index contributed by atoms with van der Waals surface area (Å²) >= 11 is 1.66. The van der Waals surface area contributed by atoms with Gasteiger partial charge in [0.05, 0.1) is 0 Å². The van der Waals surface area contributed by atoms with Crippen molar-refractivity contribution in [3.05, 3.63) is 30.3 Å². The average molecular weight is 372 g/mol. The van der Waals surface area contributed by atoms with Crippen molar-refractivity contribution in [2.45, 2.75) is 25.3 Å². The molecule has 0 radical (unpaired) electrons. The van der Waals surface area contributed by atoms with E-state index >= 15 is 0 Å². The Morgan fingerprint density at radius 2 is 2.08 bits per heavy atom. The van der Waals surface area contributed by atoms with Gasteiger partial charge in [0.15, 0.2) is 0 Å². The molecule has 1 aromatic heterocycles. The highest BCUT2D eigenvalue weighted by atomic mass is 32.1. The average Bonchev–Trinajstić information content (AvgIpc) is 3.18. The van der Waals surface area contributed by atoms with E-state index in [4.69, 9.17) is 0 Å². The number of nitrogens with one attached hydrogen (secondary N) is 1. The van der Waals surface area contributed by atoms with Gasteiger partial charge in [0.2, 0.25) is 11.0 Å². The van der Waals surface area contributed by atoms with Crippen LogP contribution in [0.15, 0.2) is 30.3 Å². The van der Waals surface area contributed by atoms with E-state index in [2.05, 4.69) is 37.4 Å². The Bertz CT molecular complexity index is 749. The highest BCUT2D eigenvalue weighted by molar-refractivity contribution is 7.18. The van der Waals surface area contributed by atoms with Gasteiger partial charge < -0.3 is 15.1 Å². The van der Waals surface area contributed by atoms with E-state index < -0.39 is 0 Å². The normalized spacial score (nSPS) is 23.2. The molecule has 138 valence electrons. The van der Waals surface area contributed by atoms with Crippen LogP contribution >= 0.6 is 11.3 Å². The number of hydrogen-bond acceptors (Lipinski definition) is 6. The number of amides is 1. The number of rotatable bonds is 5. The van der Waals surface area contributed by atoms with E-state index in [-0.39, 0.29) is 0 Å². The lowest BCUT2D eigenvalue weighted by atomic mass is 9.83. The van der Waals surface area contributed by atoms with Crippen molar-refractivity contribution in [1.82, 2.24) is 20.4 Å². The summed E-state index contributed by atoms with van der Waals surface area (Å²) in [6, 6.07) is 10.6. The summed E-state index contributed by atoms with van der Waals surface area (Å²) in [4.78, 5) is 16.8. The Kier molecular flexibility index (Phi) is 5.17. The molecule has 0 bridgehead atoms. The molecule has 2 atom stereocenters. The maximum atomic E-state index is 12.3. The van der Waals surface area contributed by atoms with E-state index in [9.17, 15) is 4.79 Å². The van der Waals surface area contributed by atoms with E-state index in [0.29, 0.717) is 24.3 Å². The number of nitrogens with zero attached hydrogens (tertiary/aromatic N) is 4. The zero-order valence-corrected chi connectivity index (χ0v) is 15.9. The first-order valence-electron chi connectivity index (χ1n) is 9.34. The molecule has 2 fully saturated rings. The molecule has 0 aliphatic carbocycles. The summed E-state index contributed by atoms with van der Waals surface area (Å²) < 4.78 is 0. The second kappa shape index (κ2) is 7.72. The number of carbonyl (C=O) groups is 1. The lowest BCUT2D eigenvalue weighted by Gasteiger charge is -2.47. The fourth-order valence-corrected chi connectivity index (χ4v) is 4.97. The Morgan fingerprint density at radius 1 is 1.23 bits per heavy atom. The Labute approximate surface area is 158 Å². The predicted molar refractivity (Wildman–Crippen MR) is 104 cm³/mol. The van der Waals surface area contributed by atoms with E-state index in [1.807, 2.05) is 25.2 Å². The fraction of sp³-hybridized carbons (Fsp3) is 0.526. The summed E-state index contributed by atoms with van der Waals surface area (Å²) in [5.74, 6) is 0.847. The standard InChI is InChI=1S/C19H25N5OS/c1-20-10-12-24-16-9-11-23(13-15(16)7-8-17(24)25)19-22-21-18(26-19)14-5-3-2-4-6-14/h2-6,15-16,20H,7-13H2,1H3. The van der Waals surface area contributed by atoms with Crippen LogP contribution in [-0.2, 0) is 4.79 Å². The Balaban J connectivity index is 1.45. The largest absolute Gasteiger partial charge is 0.346 e. The molecule has 2 aliphatic heterocycles. The molecule has 2 saturated heterocycles. The molecule has 2 aliphatic rings. The van der Waals surface area contributed by atoms with Crippen molar-refractivity contribution in [3.8, 4) is 10.6 Å². The molecule has 4 rings (SSSR count). The molecule has 2 unspecified atom stereocenters. The van der Waals surface area contributed by atoms with Gasteiger partial charge in [-0.05, 0) is 25.8 Å². The Morgan fingerprint density at radius 3 is 2.88 bits per heavy atom. The van der Waals surface area contributed by atoms with E-state index in [1.165, 1.54) is 0 Å². The molecule has 26 heavy (non-hydrogen) atoms. The fourth-order valence-electron chi connectivity index (χ4n) is 4.09. The van der Waals surface area contributed by atoms with E-state index in [1.54, 1.807) is 11.3 Å². The first-order valence-corrected chi connectivity index (χ1v) is 10.2. The summed E-state index contributed by atoms with van der Waals surface area (Å²) in [5.41, 5.74) is 1.12. The molecule has 1 amide bonds. The van der Waals surface area contributed by atoms with Gasteiger partial charge in [-0.25, -0.2) is 0 Å². The molecule has 6 nitrogen and oxygen atoms in total. The third-order valence-corrected chi connectivity index (χ3v) is 6.48. The van der Waals surface area contributed by atoms with Crippen LogP contribution in [0.2, 0.25) is 0 Å². The number of carbonyl (C=O) groups excluding carboxylic acids is 1. The molecule has 1 N–H and O–H groups in total. The Hall–Kier alpha value is -1.99. The summed E-state index contributed by atoms with van der Waals surface area (Å²) in [6.45, 7) is 3.58. The lowest BCUT2D eigenvalue weighted by molar-refractivity contribution is -0.139. The summed E-state index contributed by atoms with van der Waals surface area (Å²) in [6.07, 6.45) is 2.67. The number of benzene rings is 1. The van der Waals surface area contributed by atoms with Gasteiger partial charge in [-0.2, -0.15) is 0 Å². The van der Waals surface area contributed by atoms with Crippen LogP contribution in [0.3, 0.4) is 0 Å². The highest BCUT2D eigenvalue weighted by Crippen LogP contribution is 2.35. The number of hydrogen-bond donors (Lipinski definition) is 1. The maximum Gasteiger partial charge on any atom is 0.222 e. The molecular weight excluding hydrogens is 346 g/mol. The van der Waals surface area contributed by atoms with Crippen LogP contribution in [-0.4, -0.2) is 60.3 Å². The monoisotopic (exact) mass is 371 g/mol. The van der Waals surface area contributed by atoms with Crippen LogP contribution in [0.4, 0.5) is 5.13 Å².